The van der Waals surface area contributed by atoms with E-state index >= 15 is 0 Å². The molecule has 2 heterocycles. The third kappa shape index (κ3) is 2.22. The van der Waals surface area contributed by atoms with Crippen molar-refractivity contribution in [3.63, 3.8) is 0 Å². The van der Waals surface area contributed by atoms with E-state index < -0.39 is 17.2 Å². The molecule has 2 aliphatic rings. The number of anilines is 1. The van der Waals surface area contributed by atoms with Crippen LogP contribution >= 0.6 is 27.5 Å². The predicted molar refractivity (Wildman–Crippen MR) is 90.2 cm³/mol. The fourth-order valence-electron chi connectivity index (χ4n) is 3.47. The number of nitrogens with zero attached hydrogens (tertiary/aromatic N) is 4. The lowest BCUT2D eigenvalue weighted by Crippen LogP contribution is -2.51. The molecule has 1 aliphatic carbocycles. The van der Waals surface area contributed by atoms with E-state index in [0.29, 0.717) is 15.9 Å². The molecule has 25 heavy (non-hydrogen) atoms. The second kappa shape index (κ2) is 5.15. The van der Waals surface area contributed by atoms with Crippen LogP contribution in [-0.2, 0) is 7.05 Å². The van der Waals surface area contributed by atoms with Gasteiger partial charge in [-0.3, -0.25) is 4.68 Å². The molecule has 1 saturated heterocycles. The molecule has 1 aromatic carbocycles. The highest BCUT2D eigenvalue weighted by molar-refractivity contribution is 9.10. The molecule has 0 amide bonds. The summed E-state index contributed by atoms with van der Waals surface area (Å²) in [6, 6.07) is 3.33. The van der Waals surface area contributed by atoms with Gasteiger partial charge in [-0.25, -0.2) is 13.2 Å². The summed E-state index contributed by atoms with van der Waals surface area (Å²) in [7, 11) is 1.62. The Morgan fingerprint density at radius 3 is 2.52 bits per heavy atom. The van der Waals surface area contributed by atoms with Crippen LogP contribution < -0.4 is 4.90 Å². The number of rotatable bonds is 2. The van der Waals surface area contributed by atoms with Gasteiger partial charge in [0.05, 0.1) is 43.6 Å². The summed E-state index contributed by atoms with van der Waals surface area (Å²) in [6.07, 6.45) is 1.34. The number of alkyl halides is 2. The molecule has 1 saturated carbocycles. The first kappa shape index (κ1) is 16.7. The van der Waals surface area contributed by atoms with Gasteiger partial charge in [-0.15, -0.1) is 0 Å². The van der Waals surface area contributed by atoms with E-state index in [0.717, 1.165) is 0 Å². The first-order chi connectivity index (χ1) is 11.7. The van der Waals surface area contributed by atoms with Gasteiger partial charge in [0.25, 0.3) is 5.92 Å². The second-order valence-corrected chi connectivity index (χ2v) is 7.80. The number of hydrogen-bond donors (Lipinski definition) is 0. The maximum Gasteiger partial charge on any atom is 0.258 e. The largest absolute Gasteiger partial charge is 0.369 e. The van der Waals surface area contributed by atoms with E-state index in [4.69, 9.17) is 11.6 Å². The van der Waals surface area contributed by atoms with Crippen LogP contribution in [0.15, 0.2) is 16.7 Å². The molecule has 0 bridgehead atoms. The van der Waals surface area contributed by atoms with Crippen molar-refractivity contribution in [1.29, 1.82) is 5.26 Å². The Morgan fingerprint density at radius 1 is 1.40 bits per heavy atom. The van der Waals surface area contributed by atoms with Crippen LogP contribution in [0.25, 0.3) is 11.3 Å². The number of benzene rings is 1. The first-order valence-corrected chi connectivity index (χ1v) is 8.60. The van der Waals surface area contributed by atoms with Crippen LogP contribution in [0.5, 0.6) is 0 Å². The minimum absolute atomic E-state index is 0.0142. The van der Waals surface area contributed by atoms with Gasteiger partial charge in [-0.2, -0.15) is 10.4 Å². The molecule has 2 aromatic rings. The zero-order valence-corrected chi connectivity index (χ0v) is 15.3. The van der Waals surface area contributed by atoms with E-state index in [9.17, 15) is 18.4 Å². The van der Waals surface area contributed by atoms with Gasteiger partial charge in [0.1, 0.15) is 6.07 Å². The molecule has 9 heteroatoms. The van der Waals surface area contributed by atoms with Crippen LogP contribution in [0.3, 0.4) is 0 Å². The summed E-state index contributed by atoms with van der Waals surface area (Å²) >= 11 is 9.33. The molecule has 2 fully saturated rings. The molecule has 0 atom stereocenters. The maximum atomic E-state index is 14.7. The number of hydrogen-bond acceptors (Lipinski definition) is 3. The quantitative estimate of drug-likeness (QED) is 0.710. The number of aromatic nitrogens is 2. The standard InChI is InChI=1S/C16H11BrClF3N4/c1-24-14(9(17)4-23-24)12-8(3-22)11(2-10(18)13(12)19)25-6-15(7-25)5-16(15,20)21/h2,4H,5-7H2,1H3. The van der Waals surface area contributed by atoms with Gasteiger partial charge < -0.3 is 4.90 Å². The van der Waals surface area contributed by atoms with E-state index in [1.54, 1.807) is 11.9 Å². The van der Waals surface area contributed by atoms with Crippen LogP contribution in [0.2, 0.25) is 5.02 Å². The molecular formula is C16H11BrClF3N4. The first-order valence-electron chi connectivity index (χ1n) is 7.43. The van der Waals surface area contributed by atoms with Gasteiger partial charge in [0.15, 0.2) is 5.82 Å². The highest BCUT2D eigenvalue weighted by atomic mass is 79.9. The van der Waals surface area contributed by atoms with Gasteiger partial charge in [0.2, 0.25) is 0 Å². The third-order valence-electron chi connectivity index (χ3n) is 4.98. The summed E-state index contributed by atoms with van der Waals surface area (Å²) in [5.41, 5.74) is -0.200. The predicted octanol–water partition coefficient (Wildman–Crippen LogP) is 4.36. The molecule has 0 radical (unpaired) electrons. The van der Waals surface area contributed by atoms with Crippen LogP contribution in [-0.4, -0.2) is 28.8 Å². The Morgan fingerprint density at radius 2 is 2.04 bits per heavy atom. The summed E-state index contributed by atoms with van der Waals surface area (Å²) < 4.78 is 43.6. The van der Waals surface area contributed by atoms with Gasteiger partial charge in [-0.05, 0) is 22.0 Å². The third-order valence-corrected chi connectivity index (χ3v) is 5.84. The molecule has 4 rings (SSSR count). The lowest BCUT2D eigenvalue weighted by atomic mass is 9.92. The van der Waals surface area contributed by atoms with Crippen molar-refractivity contribution in [2.45, 2.75) is 12.3 Å². The molecule has 130 valence electrons. The van der Waals surface area contributed by atoms with E-state index in [1.807, 2.05) is 6.07 Å². The SMILES string of the molecule is Cn1ncc(Br)c1-c1c(F)c(Cl)cc(N2CC3(C2)CC3(F)F)c1C#N. The second-order valence-electron chi connectivity index (χ2n) is 6.54. The van der Waals surface area contributed by atoms with Gasteiger partial charge >= 0.3 is 0 Å². The van der Waals surface area contributed by atoms with Crippen molar-refractivity contribution in [3.8, 4) is 17.3 Å². The molecule has 1 spiro atoms. The summed E-state index contributed by atoms with van der Waals surface area (Å²) in [5.74, 6) is -3.40. The van der Waals surface area contributed by atoms with E-state index in [1.165, 1.54) is 16.9 Å². The molecule has 1 aliphatic heterocycles. The minimum atomic E-state index is -2.66. The fraction of sp³-hybridized carbons (Fsp3) is 0.375. The Balaban J connectivity index is 1.84. The van der Waals surface area contributed by atoms with Crippen molar-refractivity contribution >= 4 is 33.2 Å². The van der Waals surface area contributed by atoms with Crippen LogP contribution in [0.1, 0.15) is 12.0 Å². The average Bonchev–Trinajstić information content (AvgIpc) is 2.96. The van der Waals surface area contributed by atoms with Crippen molar-refractivity contribution in [3.05, 3.63) is 33.1 Å². The molecule has 0 N–H and O–H groups in total. The summed E-state index contributed by atoms with van der Waals surface area (Å²) in [5, 5.41) is 13.5. The highest BCUT2D eigenvalue weighted by Gasteiger charge is 2.76. The van der Waals surface area contributed by atoms with Crippen molar-refractivity contribution in [2.24, 2.45) is 12.5 Å². The van der Waals surface area contributed by atoms with Crippen molar-refractivity contribution in [1.82, 2.24) is 9.78 Å². The van der Waals surface area contributed by atoms with Crippen molar-refractivity contribution in [2.75, 3.05) is 18.0 Å². The highest BCUT2D eigenvalue weighted by Crippen LogP contribution is 2.66. The topological polar surface area (TPSA) is 44.9 Å². The Hall–Kier alpha value is -1.72. The smallest absolute Gasteiger partial charge is 0.258 e. The molecule has 4 nitrogen and oxygen atoms in total. The van der Waals surface area contributed by atoms with Gasteiger partial charge in [0, 0.05) is 26.6 Å². The molecular weight excluding hydrogens is 421 g/mol. The molecule has 1 aromatic heterocycles. The van der Waals surface area contributed by atoms with Crippen molar-refractivity contribution < 1.29 is 13.2 Å². The van der Waals surface area contributed by atoms with E-state index in [2.05, 4.69) is 21.0 Å². The lowest BCUT2D eigenvalue weighted by molar-refractivity contribution is 0.0520. The Bertz CT molecular complexity index is 924. The summed E-state index contributed by atoms with van der Waals surface area (Å²) in [6.45, 7) is 0.255. The average molecular weight is 432 g/mol. The maximum absolute atomic E-state index is 14.7. The van der Waals surface area contributed by atoms with Gasteiger partial charge in [-0.1, -0.05) is 11.6 Å². The van der Waals surface area contributed by atoms with Crippen LogP contribution in [0.4, 0.5) is 18.9 Å². The lowest BCUT2D eigenvalue weighted by Gasteiger charge is -2.42. The number of aryl methyl sites for hydroxylation is 1. The summed E-state index contributed by atoms with van der Waals surface area (Å²) in [4.78, 5) is 1.65. The monoisotopic (exact) mass is 430 g/mol. The molecule has 0 unspecified atom stereocenters. The Kier molecular flexibility index (Phi) is 3.44. The normalized spacial score (nSPS) is 19.6. The van der Waals surface area contributed by atoms with E-state index in [-0.39, 0.29) is 35.7 Å². The zero-order valence-electron chi connectivity index (χ0n) is 13.0. The Labute approximate surface area is 154 Å². The number of nitriles is 1. The fourth-order valence-corrected chi connectivity index (χ4v) is 4.21. The zero-order chi connectivity index (χ0) is 18.1. The number of halogens is 5. The van der Waals surface area contributed by atoms with Crippen LogP contribution in [0, 0.1) is 22.6 Å². The minimum Gasteiger partial charge on any atom is -0.369 e.